The quantitative estimate of drug-likeness (QED) is 0.888. The van der Waals surface area contributed by atoms with Crippen molar-refractivity contribution in [2.24, 2.45) is 0 Å². The predicted molar refractivity (Wildman–Crippen MR) is 67.2 cm³/mol. The third-order valence-corrected chi connectivity index (χ3v) is 4.05. The number of thiophene rings is 1. The largest absolute Gasteiger partial charge is 0.339 e. The second-order valence-corrected chi connectivity index (χ2v) is 5.70. The molecule has 2 aromatic rings. The topological polar surface area (TPSA) is 51.0 Å². The molecule has 0 radical (unpaired) electrons. The van der Waals surface area contributed by atoms with Crippen molar-refractivity contribution in [2.45, 2.75) is 25.7 Å². The molecule has 17 heavy (non-hydrogen) atoms. The fraction of sp³-hybridized carbons (Fsp3) is 0.500. The Kier molecular flexibility index (Phi) is 2.94. The number of rotatable bonds is 2. The van der Waals surface area contributed by atoms with Crippen molar-refractivity contribution in [1.82, 2.24) is 15.5 Å². The lowest BCUT2D eigenvalue weighted by Gasteiger charge is -2.18. The minimum Gasteiger partial charge on any atom is -0.339 e. The first-order valence-corrected chi connectivity index (χ1v) is 6.76. The van der Waals surface area contributed by atoms with Gasteiger partial charge in [0.2, 0.25) is 11.7 Å². The lowest BCUT2D eigenvalue weighted by atomic mass is 10.00. The normalized spacial score (nSPS) is 20.6. The summed E-state index contributed by atoms with van der Waals surface area (Å²) in [6.07, 6.45) is 2.32. The molecule has 1 fully saturated rings. The van der Waals surface area contributed by atoms with Crippen molar-refractivity contribution in [3.05, 3.63) is 22.9 Å². The molecule has 0 amide bonds. The van der Waals surface area contributed by atoms with Crippen LogP contribution in [0.3, 0.4) is 0 Å². The van der Waals surface area contributed by atoms with E-state index in [0.29, 0.717) is 5.92 Å². The highest BCUT2D eigenvalue weighted by Gasteiger charge is 2.21. The number of hydrogen-bond acceptors (Lipinski definition) is 5. The van der Waals surface area contributed by atoms with Crippen LogP contribution in [0.4, 0.5) is 0 Å². The summed E-state index contributed by atoms with van der Waals surface area (Å²) in [5.74, 6) is 1.88. The van der Waals surface area contributed by atoms with Crippen LogP contribution < -0.4 is 5.32 Å². The highest BCUT2D eigenvalue weighted by Crippen LogP contribution is 2.28. The van der Waals surface area contributed by atoms with Gasteiger partial charge in [-0.2, -0.15) is 4.98 Å². The van der Waals surface area contributed by atoms with E-state index in [2.05, 4.69) is 28.4 Å². The van der Waals surface area contributed by atoms with Crippen LogP contribution in [0, 0.1) is 6.92 Å². The number of piperidine rings is 1. The summed E-state index contributed by atoms with van der Waals surface area (Å²) in [5.41, 5.74) is 0. The summed E-state index contributed by atoms with van der Waals surface area (Å²) in [5, 5.41) is 7.43. The van der Waals surface area contributed by atoms with Gasteiger partial charge in [-0.1, -0.05) is 5.16 Å². The highest BCUT2D eigenvalue weighted by molar-refractivity contribution is 7.15. The van der Waals surface area contributed by atoms with Gasteiger partial charge < -0.3 is 9.84 Å². The molecule has 90 valence electrons. The van der Waals surface area contributed by atoms with E-state index in [9.17, 15) is 0 Å². The minimum atomic E-state index is 0.381. The van der Waals surface area contributed by atoms with Crippen LogP contribution in [0.2, 0.25) is 0 Å². The van der Waals surface area contributed by atoms with Crippen molar-refractivity contribution >= 4 is 11.3 Å². The van der Waals surface area contributed by atoms with E-state index in [4.69, 9.17) is 4.52 Å². The number of aromatic nitrogens is 2. The molecular formula is C12H15N3OS. The van der Waals surface area contributed by atoms with Gasteiger partial charge in [-0.3, -0.25) is 0 Å². The predicted octanol–water partition coefficient (Wildman–Crippen LogP) is 2.57. The third kappa shape index (κ3) is 2.25. The molecule has 1 atom stereocenters. The summed E-state index contributed by atoms with van der Waals surface area (Å²) in [4.78, 5) is 6.86. The first-order chi connectivity index (χ1) is 8.33. The van der Waals surface area contributed by atoms with E-state index in [1.165, 1.54) is 11.3 Å². The average Bonchev–Trinajstić information content (AvgIpc) is 2.98. The van der Waals surface area contributed by atoms with Gasteiger partial charge in [0.15, 0.2) is 0 Å². The first-order valence-electron chi connectivity index (χ1n) is 5.94. The Morgan fingerprint density at radius 1 is 1.47 bits per heavy atom. The molecule has 3 heterocycles. The van der Waals surface area contributed by atoms with Crippen LogP contribution in [0.5, 0.6) is 0 Å². The van der Waals surface area contributed by atoms with Crippen molar-refractivity contribution in [1.29, 1.82) is 0 Å². The zero-order valence-electron chi connectivity index (χ0n) is 9.77. The van der Waals surface area contributed by atoms with E-state index in [1.54, 1.807) is 11.3 Å². The number of hydrogen-bond donors (Lipinski definition) is 1. The third-order valence-electron chi connectivity index (χ3n) is 3.05. The van der Waals surface area contributed by atoms with Crippen molar-refractivity contribution in [3.63, 3.8) is 0 Å². The van der Waals surface area contributed by atoms with Gasteiger partial charge in [0.05, 0.1) is 10.8 Å². The van der Waals surface area contributed by atoms with E-state index in [0.717, 1.165) is 36.1 Å². The van der Waals surface area contributed by atoms with Gasteiger partial charge in [-0.25, -0.2) is 0 Å². The number of nitrogens with one attached hydrogen (secondary N) is 1. The Morgan fingerprint density at radius 3 is 3.12 bits per heavy atom. The molecule has 0 spiro atoms. The van der Waals surface area contributed by atoms with Gasteiger partial charge >= 0.3 is 0 Å². The van der Waals surface area contributed by atoms with Crippen LogP contribution in [-0.2, 0) is 0 Å². The van der Waals surface area contributed by atoms with Gasteiger partial charge in [-0.15, -0.1) is 11.3 Å². The SMILES string of the molecule is Cc1ccc(-c2noc(C3CCCNC3)n2)s1. The van der Waals surface area contributed by atoms with E-state index < -0.39 is 0 Å². The van der Waals surface area contributed by atoms with Crippen LogP contribution in [0.15, 0.2) is 16.7 Å². The second-order valence-electron chi connectivity index (χ2n) is 4.41. The van der Waals surface area contributed by atoms with E-state index in [-0.39, 0.29) is 0 Å². The molecular weight excluding hydrogens is 234 g/mol. The van der Waals surface area contributed by atoms with Crippen LogP contribution >= 0.6 is 11.3 Å². The zero-order chi connectivity index (χ0) is 11.7. The standard InChI is InChI=1S/C12H15N3OS/c1-8-4-5-10(17-8)11-14-12(16-15-11)9-3-2-6-13-7-9/h4-5,9,13H,2-3,6-7H2,1H3. The molecule has 1 aliphatic rings. The average molecular weight is 249 g/mol. The van der Waals surface area contributed by atoms with Crippen LogP contribution in [-0.4, -0.2) is 23.2 Å². The molecule has 2 aromatic heterocycles. The molecule has 0 aliphatic carbocycles. The Morgan fingerprint density at radius 2 is 2.41 bits per heavy atom. The van der Waals surface area contributed by atoms with Gasteiger partial charge in [-0.05, 0) is 38.4 Å². The van der Waals surface area contributed by atoms with Crippen LogP contribution in [0.25, 0.3) is 10.7 Å². The smallest absolute Gasteiger partial charge is 0.231 e. The summed E-state index contributed by atoms with van der Waals surface area (Å²) in [6.45, 7) is 4.13. The Balaban J connectivity index is 1.82. The highest BCUT2D eigenvalue weighted by atomic mass is 32.1. The van der Waals surface area contributed by atoms with Gasteiger partial charge in [0.1, 0.15) is 0 Å². The fourth-order valence-electron chi connectivity index (χ4n) is 2.12. The van der Waals surface area contributed by atoms with Crippen molar-refractivity contribution in [3.8, 4) is 10.7 Å². The Bertz CT molecular complexity index is 499. The molecule has 3 rings (SSSR count). The maximum Gasteiger partial charge on any atom is 0.231 e. The monoisotopic (exact) mass is 249 g/mol. The fourth-order valence-corrected chi connectivity index (χ4v) is 2.91. The second kappa shape index (κ2) is 4.58. The van der Waals surface area contributed by atoms with Gasteiger partial charge in [0.25, 0.3) is 0 Å². The zero-order valence-corrected chi connectivity index (χ0v) is 10.6. The summed E-state index contributed by atoms with van der Waals surface area (Å²) in [7, 11) is 0. The summed E-state index contributed by atoms with van der Waals surface area (Å²) in [6, 6.07) is 4.13. The van der Waals surface area contributed by atoms with E-state index in [1.807, 2.05) is 6.07 Å². The van der Waals surface area contributed by atoms with Gasteiger partial charge in [0, 0.05) is 11.4 Å². The minimum absolute atomic E-state index is 0.381. The lowest BCUT2D eigenvalue weighted by Crippen LogP contribution is -2.28. The molecule has 1 N–H and O–H groups in total. The summed E-state index contributed by atoms with van der Waals surface area (Å²) >= 11 is 1.70. The Hall–Kier alpha value is -1.20. The van der Waals surface area contributed by atoms with E-state index >= 15 is 0 Å². The number of nitrogens with zero attached hydrogens (tertiary/aromatic N) is 2. The van der Waals surface area contributed by atoms with Crippen LogP contribution in [0.1, 0.15) is 29.5 Å². The molecule has 1 saturated heterocycles. The number of aryl methyl sites for hydroxylation is 1. The summed E-state index contributed by atoms with van der Waals surface area (Å²) < 4.78 is 5.37. The lowest BCUT2D eigenvalue weighted by molar-refractivity contribution is 0.322. The molecule has 0 bridgehead atoms. The molecule has 0 aromatic carbocycles. The first kappa shape index (κ1) is 10.9. The molecule has 1 aliphatic heterocycles. The van der Waals surface area contributed by atoms with Crippen molar-refractivity contribution in [2.75, 3.05) is 13.1 Å². The maximum absolute atomic E-state index is 5.37. The Labute approximate surface area is 104 Å². The maximum atomic E-state index is 5.37. The molecule has 0 saturated carbocycles. The van der Waals surface area contributed by atoms with Crippen molar-refractivity contribution < 1.29 is 4.52 Å². The molecule has 1 unspecified atom stereocenters. The molecule has 5 heteroatoms. The molecule has 4 nitrogen and oxygen atoms in total.